The minimum absolute atomic E-state index is 0. The minimum atomic E-state index is 0. The summed E-state index contributed by atoms with van der Waals surface area (Å²) < 4.78 is 4.94. The van der Waals surface area contributed by atoms with Crippen molar-refractivity contribution in [3.63, 3.8) is 0 Å². The molecule has 0 bridgehead atoms. The molecule has 1 aliphatic rings. The van der Waals surface area contributed by atoms with Crippen molar-refractivity contribution in [3.05, 3.63) is 0 Å². The Balaban J connectivity index is -0.00000000397. The van der Waals surface area contributed by atoms with E-state index in [0.717, 1.165) is 13.2 Å². The standard InChI is InChI=1S/C4H8O.2B.2ClH.2Li.2H3N.H/c1-2-4-5-3-1;;;;;;;;;/h1-4H2;;;2*1H;;;2*1H3;/q;;;;;2*+1;;;-1/p-1. The first-order chi connectivity index (χ1) is 2.50. The summed E-state index contributed by atoms with van der Waals surface area (Å²) in [7, 11) is 0. The first kappa shape index (κ1) is 61.0. The monoisotopic (exact) mass is 214 g/mol. The molecule has 0 aromatic carbocycles. The molecule has 1 saturated heterocycles. The second-order valence-electron chi connectivity index (χ2n) is 1.32. The Labute approximate surface area is 123 Å². The molecule has 6 radical (unpaired) electrons. The van der Waals surface area contributed by atoms with E-state index in [2.05, 4.69) is 0 Å². The van der Waals surface area contributed by atoms with Crippen LogP contribution in [0.5, 0.6) is 0 Å². The van der Waals surface area contributed by atoms with Gasteiger partial charge in [-0.05, 0) is 12.8 Å². The van der Waals surface area contributed by atoms with Gasteiger partial charge in [0.25, 0.3) is 0 Å². The smallest absolute Gasteiger partial charge is 1.00 e. The number of ether oxygens (including phenoxy) is 1. The molecule has 0 amide bonds. The average Bonchev–Trinajstić information content (AvgIpc) is 1.76. The van der Waals surface area contributed by atoms with Crippen molar-refractivity contribution >= 4 is 29.2 Å². The molecule has 0 aromatic rings. The SMILES string of the molecule is C1CCOC1.Cl.N.N.[B].[B].[Cl-].[H-].[Li+].[Li+]. The van der Waals surface area contributed by atoms with E-state index in [4.69, 9.17) is 4.74 Å². The van der Waals surface area contributed by atoms with Crippen molar-refractivity contribution in [2.75, 3.05) is 13.2 Å². The summed E-state index contributed by atoms with van der Waals surface area (Å²) in [6.07, 6.45) is 2.56. The van der Waals surface area contributed by atoms with Gasteiger partial charge in [-0.25, -0.2) is 0 Å². The van der Waals surface area contributed by atoms with Crippen molar-refractivity contribution < 1.29 is 56.3 Å². The average molecular weight is 215 g/mol. The largest absolute Gasteiger partial charge is 1.00 e. The topological polar surface area (TPSA) is 79.2 Å². The van der Waals surface area contributed by atoms with Crippen LogP contribution in [0.2, 0.25) is 0 Å². The molecule has 1 fully saturated rings. The van der Waals surface area contributed by atoms with E-state index >= 15 is 0 Å². The number of hydrogen-bond acceptors (Lipinski definition) is 3. The quantitative estimate of drug-likeness (QED) is 0.393. The second-order valence-corrected chi connectivity index (χ2v) is 1.32. The molecule has 9 heteroatoms. The maximum atomic E-state index is 4.94. The van der Waals surface area contributed by atoms with Crippen LogP contribution in [-0.4, -0.2) is 30.0 Å². The number of halogens is 2. The van der Waals surface area contributed by atoms with Gasteiger partial charge in [0.05, 0.1) is 0 Å². The Morgan fingerprint density at radius 2 is 1.08 bits per heavy atom. The third kappa shape index (κ3) is 41.6. The van der Waals surface area contributed by atoms with Crippen molar-refractivity contribution in [2.45, 2.75) is 12.8 Å². The van der Waals surface area contributed by atoms with Crippen molar-refractivity contribution in [1.82, 2.24) is 12.3 Å². The molecule has 0 aliphatic carbocycles. The molecule has 0 unspecified atom stereocenters. The molecular formula is C4H16B2Cl2Li2N2O. The van der Waals surface area contributed by atoms with E-state index in [9.17, 15) is 0 Å². The first-order valence-corrected chi connectivity index (χ1v) is 2.08. The van der Waals surface area contributed by atoms with E-state index in [-0.39, 0.29) is 93.1 Å². The summed E-state index contributed by atoms with van der Waals surface area (Å²) in [6.45, 7) is 2.00. The maximum Gasteiger partial charge on any atom is 1.00 e. The van der Waals surface area contributed by atoms with Gasteiger partial charge in [-0.1, -0.05) is 0 Å². The Morgan fingerprint density at radius 1 is 0.846 bits per heavy atom. The Hall–Kier alpha value is 1.78. The van der Waals surface area contributed by atoms with Crippen LogP contribution in [0.15, 0.2) is 0 Å². The minimum Gasteiger partial charge on any atom is -1.00 e. The van der Waals surface area contributed by atoms with E-state index in [0.29, 0.717) is 0 Å². The van der Waals surface area contributed by atoms with E-state index in [1.54, 1.807) is 0 Å². The summed E-state index contributed by atoms with van der Waals surface area (Å²) in [5.41, 5.74) is 0. The zero-order valence-corrected chi connectivity index (χ0v) is 10.2. The summed E-state index contributed by atoms with van der Waals surface area (Å²) in [5.74, 6) is 0. The zero-order chi connectivity index (χ0) is 3.54. The van der Waals surface area contributed by atoms with Crippen LogP contribution in [-0.2, 0) is 4.74 Å². The maximum absolute atomic E-state index is 4.94. The summed E-state index contributed by atoms with van der Waals surface area (Å²) in [4.78, 5) is 0. The Morgan fingerprint density at radius 3 is 1.15 bits per heavy atom. The fourth-order valence-corrected chi connectivity index (χ4v) is 0.510. The Bertz CT molecular complexity index is 48.9. The third-order valence-electron chi connectivity index (χ3n) is 0.827. The third-order valence-corrected chi connectivity index (χ3v) is 0.827. The van der Waals surface area contributed by atoms with Crippen LogP contribution < -0.4 is 62.4 Å². The molecule has 1 aliphatic heterocycles. The van der Waals surface area contributed by atoms with Crippen LogP contribution in [0.4, 0.5) is 0 Å². The van der Waals surface area contributed by atoms with Crippen LogP contribution in [0, 0.1) is 0 Å². The second kappa shape index (κ2) is 48.9. The normalized spacial score (nSPS) is 9.23. The molecule has 13 heavy (non-hydrogen) atoms. The van der Waals surface area contributed by atoms with Crippen molar-refractivity contribution in [3.8, 4) is 0 Å². The van der Waals surface area contributed by atoms with Crippen LogP contribution in [0.1, 0.15) is 14.3 Å². The molecule has 3 nitrogen and oxygen atoms in total. The molecule has 1 rings (SSSR count). The summed E-state index contributed by atoms with van der Waals surface area (Å²) >= 11 is 0. The van der Waals surface area contributed by atoms with Crippen molar-refractivity contribution in [2.24, 2.45) is 0 Å². The van der Waals surface area contributed by atoms with Gasteiger partial charge in [-0.15, -0.1) is 12.4 Å². The number of hydrogen-bond donors (Lipinski definition) is 2. The van der Waals surface area contributed by atoms with Crippen LogP contribution >= 0.6 is 12.4 Å². The van der Waals surface area contributed by atoms with Crippen LogP contribution in [0.25, 0.3) is 0 Å². The molecule has 0 spiro atoms. The van der Waals surface area contributed by atoms with Gasteiger partial charge in [0.15, 0.2) is 0 Å². The molecule has 6 N–H and O–H groups in total. The summed E-state index contributed by atoms with van der Waals surface area (Å²) in [6, 6.07) is 0. The fraction of sp³-hybridized carbons (Fsp3) is 1.00. The molecule has 0 saturated carbocycles. The van der Waals surface area contributed by atoms with Gasteiger partial charge in [-0.2, -0.15) is 0 Å². The van der Waals surface area contributed by atoms with Gasteiger partial charge in [-0.3, -0.25) is 0 Å². The fourth-order valence-electron chi connectivity index (χ4n) is 0.510. The van der Waals surface area contributed by atoms with Gasteiger partial charge < -0.3 is 30.9 Å². The first-order valence-electron chi connectivity index (χ1n) is 2.08. The predicted molar refractivity (Wildman–Crippen MR) is 50.0 cm³/mol. The van der Waals surface area contributed by atoms with E-state index in [1.807, 2.05) is 0 Å². The van der Waals surface area contributed by atoms with Crippen LogP contribution in [0.3, 0.4) is 0 Å². The van der Waals surface area contributed by atoms with Gasteiger partial charge >= 0.3 is 37.7 Å². The molecule has 0 aromatic heterocycles. The molecule has 70 valence electrons. The van der Waals surface area contributed by atoms with Gasteiger partial charge in [0.2, 0.25) is 0 Å². The van der Waals surface area contributed by atoms with Gasteiger partial charge in [0, 0.05) is 30.0 Å². The van der Waals surface area contributed by atoms with Crippen molar-refractivity contribution in [1.29, 1.82) is 0 Å². The van der Waals surface area contributed by atoms with E-state index < -0.39 is 0 Å². The number of rotatable bonds is 0. The molecule has 1 heterocycles. The zero-order valence-electron chi connectivity index (χ0n) is 9.59. The van der Waals surface area contributed by atoms with Gasteiger partial charge in [0.1, 0.15) is 0 Å². The predicted octanol–water partition coefficient (Wildman–Crippen LogP) is -8.09. The molecule has 0 atom stereocenters. The summed E-state index contributed by atoms with van der Waals surface area (Å²) in [5, 5.41) is 0. The van der Waals surface area contributed by atoms with E-state index in [1.165, 1.54) is 12.8 Å². The molecular weight excluding hydrogens is 198 g/mol. The Kier molecular flexibility index (Phi) is 230.